The van der Waals surface area contributed by atoms with Crippen molar-refractivity contribution in [3.8, 4) is 0 Å². The summed E-state index contributed by atoms with van der Waals surface area (Å²) in [5, 5.41) is 2.94. The van der Waals surface area contributed by atoms with Crippen molar-refractivity contribution in [2.45, 2.75) is 46.2 Å². The summed E-state index contributed by atoms with van der Waals surface area (Å²) in [7, 11) is 2.17. The molecule has 1 N–H and O–H groups in total. The minimum absolute atomic E-state index is 0.0181. The van der Waals surface area contributed by atoms with E-state index in [1.165, 1.54) is 11.1 Å². The van der Waals surface area contributed by atoms with E-state index in [2.05, 4.69) is 60.3 Å². The average Bonchev–Trinajstić information content (AvgIpc) is 2.78. The molecule has 0 atom stereocenters. The third-order valence-corrected chi connectivity index (χ3v) is 6.01. The molecule has 3 rings (SSSR count). The molecule has 1 aliphatic heterocycles. The van der Waals surface area contributed by atoms with E-state index in [-0.39, 0.29) is 24.5 Å². The predicted molar refractivity (Wildman–Crippen MR) is 130 cm³/mol. The molecule has 2 aromatic rings. The van der Waals surface area contributed by atoms with Crippen LogP contribution in [0.3, 0.4) is 0 Å². The second-order valence-corrected chi connectivity index (χ2v) is 9.39. The summed E-state index contributed by atoms with van der Waals surface area (Å²) in [5.41, 5.74) is 4.30. The van der Waals surface area contributed by atoms with Gasteiger partial charge in [-0.25, -0.2) is 0 Å². The van der Waals surface area contributed by atoms with Crippen LogP contribution in [0, 0.1) is 5.92 Å². The van der Waals surface area contributed by atoms with Crippen molar-refractivity contribution >= 4 is 11.7 Å². The maximum Gasteiger partial charge on any atom is 0.220 e. The smallest absolute Gasteiger partial charge is 0.220 e. The Hall–Kier alpha value is -2.50. The maximum atomic E-state index is 12.4. The normalized spacial score (nSPS) is 15.1. The average molecular weight is 436 g/mol. The van der Waals surface area contributed by atoms with E-state index in [1.807, 2.05) is 24.3 Å². The van der Waals surface area contributed by atoms with Gasteiger partial charge in [-0.15, -0.1) is 0 Å². The Morgan fingerprint density at radius 2 is 1.44 bits per heavy atom. The standard InChI is InChI=1S/C27H37N3O2/c1-21(2)18-22-8-10-25(11-9-22)26(31)12-13-27(32)28-19-23-4-6-24(7-5-23)20-30-16-14-29(3)15-17-30/h4-11,21H,12-20H2,1-3H3,(H,28,32). The summed E-state index contributed by atoms with van der Waals surface area (Å²) in [6.07, 6.45) is 1.46. The van der Waals surface area contributed by atoms with Gasteiger partial charge in [-0.05, 0) is 36.1 Å². The molecular formula is C27H37N3O2. The van der Waals surface area contributed by atoms with Crippen LogP contribution in [0.4, 0.5) is 0 Å². The molecule has 2 aromatic carbocycles. The number of amides is 1. The van der Waals surface area contributed by atoms with E-state index in [9.17, 15) is 9.59 Å². The lowest BCUT2D eigenvalue weighted by Crippen LogP contribution is -2.43. The largest absolute Gasteiger partial charge is 0.352 e. The Morgan fingerprint density at radius 3 is 2.06 bits per heavy atom. The second-order valence-electron chi connectivity index (χ2n) is 9.39. The van der Waals surface area contributed by atoms with Gasteiger partial charge in [0, 0.05) is 57.7 Å². The molecule has 0 aliphatic carbocycles. The highest BCUT2D eigenvalue weighted by Crippen LogP contribution is 2.13. The van der Waals surface area contributed by atoms with Crippen LogP contribution < -0.4 is 5.32 Å². The lowest BCUT2D eigenvalue weighted by Gasteiger charge is -2.32. The number of nitrogens with one attached hydrogen (secondary N) is 1. The van der Waals surface area contributed by atoms with E-state index in [0.29, 0.717) is 18.0 Å². The van der Waals surface area contributed by atoms with Crippen LogP contribution in [0.2, 0.25) is 0 Å². The number of hydrogen-bond donors (Lipinski definition) is 1. The highest BCUT2D eigenvalue weighted by atomic mass is 16.2. The molecule has 0 saturated carbocycles. The molecule has 172 valence electrons. The first kappa shape index (κ1) is 24.1. The number of piperazine rings is 1. The molecule has 1 fully saturated rings. The van der Waals surface area contributed by atoms with Crippen molar-refractivity contribution in [1.82, 2.24) is 15.1 Å². The van der Waals surface area contributed by atoms with Crippen molar-refractivity contribution in [2.75, 3.05) is 33.2 Å². The van der Waals surface area contributed by atoms with Gasteiger partial charge in [0.1, 0.15) is 0 Å². The zero-order chi connectivity index (χ0) is 22.9. The molecule has 1 aliphatic rings. The van der Waals surface area contributed by atoms with Gasteiger partial charge in [-0.1, -0.05) is 62.4 Å². The predicted octanol–water partition coefficient (Wildman–Crippen LogP) is 3.91. The van der Waals surface area contributed by atoms with Gasteiger partial charge in [0.05, 0.1) is 0 Å². The lowest BCUT2D eigenvalue weighted by molar-refractivity contribution is -0.121. The summed E-state index contributed by atoms with van der Waals surface area (Å²) >= 11 is 0. The molecule has 32 heavy (non-hydrogen) atoms. The molecule has 0 bridgehead atoms. The Balaban J connectivity index is 1.37. The van der Waals surface area contributed by atoms with E-state index >= 15 is 0 Å². The van der Waals surface area contributed by atoms with E-state index < -0.39 is 0 Å². The van der Waals surface area contributed by atoms with Crippen LogP contribution in [0.15, 0.2) is 48.5 Å². The molecule has 1 saturated heterocycles. The number of Topliss-reactive ketones (excluding diaryl/α,β-unsaturated/α-hetero) is 1. The molecule has 1 heterocycles. The van der Waals surface area contributed by atoms with Crippen molar-refractivity contribution in [2.24, 2.45) is 5.92 Å². The highest BCUT2D eigenvalue weighted by molar-refractivity contribution is 5.97. The van der Waals surface area contributed by atoms with Crippen LogP contribution >= 0.6 is 0 Å². The number of hydrogen-bond acceptors (Lipinski definition) is 4. The molecule has 0 aromatic heterocycles. The number of carbonyl (C=O) groups excluding carboxylic acids is 2. The van der Waals surface area contributed by atoms with Crippen molar-refractivity contribution in [3.05, 3.63) is 70.8 Å². The number of likely N-dealkylation sites (N-methyl/N-ethyl adjacent to an activating group) is 1. The monoisotopic (exact) mass is 435 g/mol. The third kappa shape index (κ3) is 7.88. The fourth-order valence-electron chi connectivity index (χ4n) is 3.99. The number of nitrogens with zero attached hydrogens (tertiary/aromatic N) is 2. The third-order valence-electron chi connectivity index (χ3n) is 6.01. The number of carbonyl (C=O) groups is 2. The van der Waals surface area contributed by atoms with Gasteiger partial charge in [-0.2, -0.15) is 0 Å². The summed E-state index contributed by atoms with van der Waals surface area (Å²) in [6.45, 7) is 10.3. The molecule has 0 radical (unpaired) electrons. The molecule has 5 nitrogen and oxygen atoms in total. The zero-order valence-corrected chi connectivity index (χ0v) is 19.8. The van der Waals surface area contributed by atoms with Gasteiger partial charge >= 0.3 is 0 Å². The SMILES string of the molecule is CC(C)Cc1ccc(C(=O)CCC(=O)NCc2ccc(CN3CCN(C)CC3)cc2)cc1. The van der Waals surface area contributed by atoms with Gasteiger partial charge in [0.15, 0.2) is 5.78 Å². The molecular weight excluding hydrogens is 398 g/mol. The van der Waals surface area contributed by atoms with Gasteiger partial charge in [-0.3, -0.25) is 14.5 Å². The zero-order valence-electron chi connectivity index (χ0n) is 19.8. The topological polar surface area (TPSA) is 52.7 Å². The van der Waals surface area contributed by atoms with Crippen molar-refractivity contribution in [1.29, 1.82) is 0 Å². The Kier molecular flexibility index (Phi) is 9.00. The van der Waals surface area contributed by atoms with Crippen LogP contribution in [0.25, 0.3) is 0 Å². The first-order valence-electron chi connectivity index (χ1n) is 11.8. The quantitative estimate of drug-likeness (QED) is 0.575. The fourth-order valence-corrected chi connectivity index (χ4v) is 3.99. The Bertz CT molecular complexity index is 867. The number of rotatable bonds is 10. The first-order chi connectivity index (χ1) is 15.4. The van der Waals surface area contributed by atoms with Gasteiger partial charge in [0.25, 0.3) is 0 Å². The van der Waals surface area contributed by atoms with Crippen LogP contribution in [0.1, 0.15) is 53.7 Å². The number of ketones is 1. The molecule has 0 spiro atoms. The van der Waals surface area contributed by atoms with Crippen LogP contribution in [-0.2, 0) is 24.3 Å². The number of benzene rings is 2. The summed E-state index contributed by atoms with van der Waals surface area (Å²) in [4.78, 5) is 29.4. The van der Waals surface area contributed by atoms with Crippen LogP contribution in [0.5, 0.6) is 0 Å². The van der Waals surface area contributed by atoms with E-state index in [4.69, 9.17) is 0 Å². The fraction of sp³-hybridized carbons (Fsp3) is 0.481. The van der Waals surface area contributed by atoms with Crippen molar-refractivity contribution in [3.63, 3.8) is 0 Å². The van der Waals surface area contributed by atoms with Gasteiger partial charge < -0.3 is 10.2 Å². The summed E-state index contributed by atoms with van der Waals surface area (Å²) < 4.78 is 0. The van der Waals surface area contributed by atoms with Crippen molar-refractivity contribution < 1.29 is 9.59 Å². The molecule has 5 heteroatoms. The minimum Gasteiger partial charge on any atom is -0.352 e. The second kappa shape index (κ2) is 11.9. The summed E-state index contributed by atoms with van der Waals surface area (Å²) in [6, 6.07) is 16.2. The Morgan fingerprint density at radius 1 is 0.844 bits per heavy atom. The lowest BCUT2D eigenvalue weighted by atomic mass is 9.99. The van der Waals surface area contributed by atoms with E-state index in [1.54, 1.807) is 0 Å². The Labute approximate surface area is 192 Å². The highest BCUT2D eigenvalue weighted by Gasteiger charge is 2.14. The molecule has 0 unspecified atom stereocenters. The van der Waals surface area contributed by atoms with Gasteiger partial charge in [0.2, 0.25) is 5.91 Å². The molecule has 1 amide bonds. The minimum atomic E-state index is -0.0868. The maximum absolute atomic E-state index is 12.4. The van der Waals surface area contributed by atoms with E-state index in [0.717, 1.165) is 44.7 Å². The first-order valence-corrected chi connectivity index (χ1v) is 11.8. The summed E-state index contributed by atoms with van der Waals surface area (Å²) in [5.74, 6) is 0.522. The van der Waals surface area contributed by atoms with Crippen LogP contribution in [-0.4, -0.2) is 54.7 Å².